The number of aromatic nitrogens is 2. The van der Waals surface area contributed by atoms with Crippen LogP contribution in [0.3, 0.4) is 0 Å². The molecule has 0 aliphatic heterocycles. The van der Waals surface area contributed by atoms with Crippen LogP contribution in [0.4, 0.5) is 0 Å². The third-order valence-electron chi connectivity index (χ3n) is 4.68. The fourth-order valence-electron chi connectivity index (χ4n) is 2.91. The summed E-state index contributed by atoms with van der Waals surface area (Å²) >= 11 is 0. The fraction of sp³-hybridized carbons (Fsp3) is 0.350. The number of imidazole rings is 1. The second-order valence-electron chi connectivity index (χ2n) is 6.28. The lowest BCUT2D eigenvalue weighted by Crippen LogP contribution is -2.10. The topological polar surface area (TPSA) is 27.1 Å². The second kappa shape index (κ2) is 6.07. The smallest absolute Gasteiger partial charge is 0.122 e. The summed E-state index contributed by atoms with van der Waals surface area (Å²) in [7, 11) is 0. The Morgan fingerprint density at radius 2 is 1.70 bits per heavy atom. The van der Waals surface area contributed by atoms with Gasteiger partial charge in [0.15, 0.2) is 0 Å². The van der Waals surface area contributed by atoms with Crippen molar-refractivity contribution < 1.29 is 4.74 Å². The highest BCUT2D eigenvalue weighted by molar-refractivity contribution is 5.78. The average molecular weight is 308 g/mol. The second-order valence-corrected chi connectivity index (χ2v) is 6.28. The van der Waals surface area contributed by atoms with Gasteiger partial charge in [0.05, 0.1) is 17.6 Å². The van der Waals surface area contributed by atoms with Crippen molar-refractivity contribution in [1.29, 1.82) is 0 Å². The summed E-state index contributed by atoms with van der Waals surface area (Å²) in [6.45, 7) is 12.0. The van der Waals surface area contributed by atoms with Crippen molar-refractivity contribution in [1.82, 2.24) is 9.55 Å². The Kier molecular flexibility index (Phi) is 4.12. The molecule has 1 aromatic heterocycles. The zero-order valence-corrected chi connectivity index (χ0v) is 14.6. The van der Waals surface area contributed by atoms with Gasteiger partial charge < -0.3 is 9.30 Å². The van der Waals surface area contributed by atoms with Gasteiger partial charge in [0.25, 0.3) is 0 Å². The van der Waals surface area contributed by atoms with E-state index < -0.39 is 0 Å². The number of ether oxygens (including phenoxy) is 1. The number of benzene rings is 2. The molecule has 0 bridgehead atoms. The Morgan fingerprint density at radius 3 is 2.48 bits per heavy atom. The van der Waals surface area contributed by atoms with E-state index >= 15 is 0 Å². The molecule has 0 saturated heterocycles. The molecule has 2 aromatic carbocycles. The van der Waals surface area contributed by atoms with Crippen LogP contribution in [0, 0.1) is 34.6 Å². The average Bonchev–Trinajstić information content (AvgIpc) is 2.79. The molecule has 120 valence electrons. The van der Waals surface area contributed by atoms with Gasteiger partial charge in [-0.25, -0.2) is 4.98 Å². The van der Waals surface area contributed by atoms with Crippen LogP contribution >= 0.6 is 0 Å². The Balaban J connectivity index is 1.81. The van der Waals surface area contributed by atoms with Crippen molar-refractivity contribution in [2.75, 3.05) is 6.61 Å². The van der Waals surface area contributed by atoms with Crippen LogP contribution in [0.2, 0.25) is 0 Å². The minimum absolute atomic E-state index is 0.642. The van der Waals surface area contributed by atoms with Gasteiger partial charge in [-0.3, -0.25) is 0 Å². The Labute approximate surface area is 137 Å². The normalized spacial score (nSPS) is 11.2. The van der Waals surface area contributed by atoms with Gasteiger partial charge in [0.2, 0.25) is 0 Å². The minimum atomic E-state index is 0.642. The molecule has 3 nitrogen and oxygen atoms in total. The Morgan fingerprint density at radius 1 is 0.957 bits per heavy atom. The van der Waals surface area contributed by atoms with Crippen LogP contribution in [-0.2, 0) is 6.54 Å². The highest BCUT2D eigenvalue weighted by Gasteiger charge is 2.09. The first-order valence-electron chi connectivity index (χ1n) is 8.10. The summed E-state index contributed by atoms with van der Waals surface area (Å²) in [5.41, 5.74) is 7.32. The Hall–Kier alpha value is -2.29. The number of nitrogens with zero attached hydrogens (tertiary/aromatic N) is 2. The van der Waals surface area contributed by atoms with Gasteiger partial charge in [-0.15, -0.1) is 0 Å². The molecule has 0 amide bonds. The van der Waals surface area contributed by atoms with E-state index in [2.05, 4.69) is 62.4 Å². The van der Waals surface area contributed by atoms with Crippen LogP contribution in [0.15, 0.2) is 30.3 Å². The third-order valence-corrected chi connectivity index (χ3v) is 4.68. The molecular formula is C20H24N2O. The van der Waals surface area contributed by atoms with E-state index in [-0.39, 0.29) is 0 Å². The van der Waals surface area contributed by atoms with Crippen LogP contribution in [0.5, 0.6) is 5.75 Å². The van der Waals surface area contributed by atoms with E-state index in [9.17, 15) is 0 Å². The highest BCUT2D eigenvalue weighted by atomic mass is 16.5. The molecule has 0 N–H and O–H groups in total. The zero-order valence-electron chi connectivity index (χ0n) is 14.6. The van der Waals surface area contributed by atoms with Gasteiger partial charge >= 0.3 is 0 Å². The third kappa shape index (κ3) is 2.96. The molecular weight excluding hydrogens is 284 g/mol. The predicted octanol–water partition coefficient (Wildman–Crippen LogP) is 4.66. The van der Waals surface area contributed by atoms with Gasteiger partial charge in [-0.2, -0.15) is 0 Å². The number of rotatable bonds is 4. The molecule has 0 spiro atoms. The van der Waals surface area contributed by atoms with Crippen molar-refractivity contribution in [2.24, 2.45) is 0 Å². The highest BCUT2D eigenvalue weighted by Crippen LogP contribution is 2.22. The SMILES string of the molecule is Cc1cc2nc(C)n(CCOc3cccc(C)c3C)c2cc1C. The standard InChI is InChI=1S/C20H24N2O/c1-13-7-6-8-20(16(13)4)23-10-9-22-17(5)21-18-11-14(2)15(3)12-19(18)22/h6-8,11-12H,9-10H2,1-5H3. The molecule has 3 heteroatoms. The van der Waals surface area contributed by atoms with Crippen LogP contribution < -0.4 is 4.74 Å². The van der Waals surface area contributed by atoms with E-state index in [1.807, 2.05) is 12.1 Å². The van der Waals surface area contributed by atoms with Gasteiger partial charge in [-0.05, 0) is 75.1 Å². The van der Waals surface area contributed by atoms with E-state index in [1.54, 1.807) is 0 Å². The number of hydrogen-bond acceptors (Lipinski definition) is 2. The van der Waals surface area contributed by atoms with Gasteiger partial charge in [0.1, 0.15) is 18.2 Å². The molecule has 0 fully saturated rings. The van der Waals surface area contributed by atoms with E-state index in [1.165, 1.54) is 27.8 Å². The van der Waals surface area contributed by atoms with Gasteiger partial charge in [0, 0.05) is 0 Å². The van der Waals surface area contributed by atoms with Crippen LogP contribution in [0.1, 0.15) is 28.1 Å². The summed E-state index contributed by atoms with van der Waals surface area (Å²) in [6, 6.07) is 10.6. The van der Waals surface area contributed by atoms with Crippen LogP contribution in [0.25, 0.3) is 11.0 Å². The summed E-state index contributed by atoms with van der Waals surface area (Å²) in [6.07, 6.45) is 0. The number of fused-ring (bicyclic) bond motifs is 1. The summed E-state index contributed by atoms with van der Waals surface area (Å²) in [4.78, 5) is 4.68. The summed E-state index contributed by atoms with van der Waals surface area (Å²) in [5.74, 6) is 2.01. The summed E-state index contributed by atoms with van der Waals surface area (Å²) < 4.78 is 8.24. The molecule has 3 rings (SSSR count). The molecule has 0 aliphatic rings. The quantitative estimate of drug-likeness (QED) is 0.701. The largest absolute Gasteiger partial charge is 0.491 e. The van der Waals surface area contributed by atoms with Crippen molar-refractivity contribution >= 4 is 11.0 Å². The molecule has 0 aliphatic carbocycles. The molecule has 0 saturated carbocycles. The molecule has 23 heavy (non-hydrogen) atoms. The fourth-order valence-corrected chi connectivity index (χ4v) is 2.91. The van der Waals surface area contributed by atoms with Crippen molar-refractivity contribution in [2.45, 2.75) is 41.2 Å². The minimum Gasteiger partial charge on any atom is -0.491 e. The van der Waals surface area contributed by atoms with Crippen molar-refractivity contribution in [3.63, 3.8) is 0 Å². The number of hydrogen-bond donors (Lipinski definition) is 0. The predicted molar refractivity (Wildman–Crippen MR) is 95.4 cm³/mol. The molecule has 0 radical (unpaired) electrons. The van der Waals surface area contributed by atoms with E-state index in [4.69, 9.17) is 4.74 Å². The molecule has 1 heterocycles. The molecule has 3 aromatic rings. The van der Waals surface area contributed by atoms with Gasteiger partial charge in [-0.1, -0.05) is 12.1 Å². The maximum atomic E-state index is 6.00. The van der Waals surface area contributed by atoms with E-state index in [0.29, 0.717) is 6.61 Å². The lowest BCUT2D eigenvalue weighted by molar-refractivity contribution is 0.297. The first-order valence-corrected chi connectivity index (χ1v) is 8.10. The van der Waals surface area contributed by atoms with Crippen molar-refractivity contribution in [3.8, 4) is 5.75 Å². The Bertz CT molecular complexity index is 862. The molecule has 0 unspecified atom stereocenters. The molecule has 0 atom stereocenters. The first-order chi connectivity index (χ1) is 11.0. The van der Waals surface area contributed by atoms with E-state index in [0.717, 1.165) is 23.6 Å². The maximum absolute atomic E-state index is 6.00. The lowest BCUT2D eigenvalue weighted by Gasteiger charge is -2.12. The first kappa shape index (κ1) is 15.6. The van der Waals surface area contributed by atoms with Crippen molar-refractivity contribution in [3.05, 3.63) is 58.4 Å². The lowest BCUT2D eigenvalue weighted by atomic mass is 10.1. The zero-order chi connectivity index (χ0) is 16.6. The maximum Gasteiger partial charge on any atom is 0.122 e. The monoisotopic (exact) mass is 308 g/mol. The number of aryl methyl sites for hydroxylation is 4. The van der Waals surface area contributed by atoms with Crippen LogP contribution in [-0.4, -0.2) is 16.2 Å². The summed E-state index contributed by atoms with van der Waals surface area (Å²) in [5, 5.41) is 0.